The maximum atomic E-state index is 12.0. The number of amides is 1. The predicted octanol–water partition coefficient (Wildman–Crippen LogP) is 2.98. The molecule has 0 spiro atoms. The molecule has 1 aromatic heterocycles. The standard InChI is InChI=1S/C19H17N3O3/c23-18(9-8-13-10-20-16-6-2-1-5-15(13)16)22-21-11-14-4-3-7-17-19(14)25-12-24-17/h1-7,10-11,20H,8-9,12H2,(H,22,23). The van der Waals surface area contributed by atoms with E-state index in [4.69, 9.17) is 9.47 Å². The molecular weight excluding hydrogens is 318 g/mol. The van der Waals surface area contributed by atoms with Crippen molar-refractivity contribution in [2.24, 2.45) is 5.10 Å². The number of hydrogen-bond donors (Lipinski definition) is 2. The summed E-state index contributed by atoms with van der Waals surface area (Å²) in [6, 6.07) is 13.6. The van der Waals surface area contributed by atoms with E-state index < -0.39 is 0 Å². The van der Waals surface area contributed by atoms with Crippen molar-refractivity contribution in [3.8, 4) is 11.5 Å². The zero-order chi connectivity index (χ0) is 17.1. The number of carbonyl (C=O) groups excluding carboxylic acids is 1. The van der Waals surface area contributed by atoms with Gasteiger partial charge in [-0.3, -0.25) is 4.79 Å². The highest BCUT2D eigenvalue weighted by Crippen LogP contribution is 2.34. The molecule has 3 aromatic rings. The lowest BCUT2D eigenvalue weighted by Crippen LogP contribution is -2.17. The summed E-state index contributed by atoms with van der Waals surface area (Å²) in [7, 11) is 0. The molecule has 1 aliphatic rings. The van der Waals surface area contributed by atoms with Crippen LogP contribution in [0, 0.1) is 0 Å². The second-order valence-electron chi connectivity index (χ2n) is 5.73. The maximum Gasteiger partial charge on any atom is 0.240 e. The van der Waals surface area contributed by atoms with Gasteiger partial charge in [0.15, 0.2) is 11.5 Å². The number of ether oxygens (including phenoxy) is 2. The lowest BCUT2D eigenvalue weighted by molar-refractivity contribution is -0.121. The number of nitrogens with one attached hydrogen (secondary N) is 2. The minimum Gasteiger partial charge on any atom is -0.454 e. The largest absolute Gasteiger partial charge is 0.454 e. The van der Waals surface area contributed by atoms with Gasteiger partial charge in [-0.25, -0.2) is 5.43 Å². The van der Waals surface area contributed by atoms with Crippen LogP contribution in [0.1, 0.15) is 17.5 Å². The summed E-state index contributed by atoms with van der Waals surface area (Å²) in [6.45, 7) is 0.206. The van der Waals surface area contributed by atoms with Crippen LogP contribution < -0.4 is 14.9 Å². The zero-order valence-corrected chi connectivity index (χ0v) is 13.5. The number of aromatic nitrogens is 1. The normalized spacial score (nSPS) is 12.8. The summed E-state index contributed by atoms with van der Waals surface area (Å²) in [5.74, 6) is 1.21. The maximum absolute atomic E-state index is 12.0. The van der Waals surface area contributed by atoms with Gasteiger partial charge in [0.25, 0.3) is 0 Å². The van der Waals surface area contributed by atoms with E-state index in [-0.39, 0.29) is 12.7 Å². The van der Waals surface area contributed by atoms with Gasteiger partial charge in [-0.15, -0.1) is 0 Å². The van der Waals surface area contributed by atoms with E-state index in [0.29, 0.717) is 24.3 Å². The molecule has 126 valence electrons. The summed E-state index contributed by atoms with van der Waals surface area (Å²) in [4.78, 5) is 15.2. The summed E-state index contributed by atoms with van der Waals surface area (Å²) < 4.78 is 10.7. The van der Waals surface area contributed by atoms with E-state index in [1.54, 1.807) is 6.21 Å². The summed E-state index contributed by atoms with van der Waals surface area (Å²) >= 11 is 0. The van der Waals surface area contributed by atoms with Crippen molar-refractivity contribution >= 4 is 23.0 Å². The van der Waals surface area contributed by atoms with E-state index in [1.807, 2.05) is 42.6 Å². The highest BCUT2D eigenvalue weighted by molar-refractivity contribution is 5.87. The summed E-state index contributed by atoms with van der Waals surface area (Å²) in [6.07, 6.45) is 4.54. The number of hydrazone groups is 1. The molecule has 2 N–H and O–H groups in total. The number of aryl methyl sites for hydroxylation is 1. The fourth-order valence-electron chi connectivity index (χ4n) is 2.87. The van der Waals surface area contributed by atoms with Crippen molar-refractivity contribution in [1.82, 2.24) is 10.4 Å². The second-order valence-corrected chi connectivity index (χ2v) is 5.73. The quantitative estimate of drug-likeness (QED) is 0.556. The molecule has 0 saturated carbocycles. The average molecular weight is 335 g/mol. The highest BCUT2D eigenvalue weighted by atomic mass is 16.7. The van der Waals surface area contributed by atoms with Crippen LogP contribution in [0.4, 0.5) is 0 Å². The van der Waals surface area contributed by atoms with Crippen molar-refractivity contribution in [1.29, 1.82) is 0 Å². The van der Waals surface area contributed by atoms with Gasteiger partial charge in [-0.05, 0) is 30.2 Å². The Kier molecular flexibility index (Phi) is 4.08. The number of rotatable bonds is 5. The minimum absolute atomic E-state index is 0.133. The van der Waals surface area contributed by atoms with Crippen molar-refractivity contribution in [3.05, 3.63) is 59.8 Å². The number of benzene rings is 2. The zero-order valence-electron chi connectivity index (χ0n) is 13.5. The number of para-hydroxylation sites is 2. The van der Waals surface area contributed by atoms with Gasteiger partial charge in [-0.1, -0.05) is 24.3 Å². The molecule has 0 atom stereocenters. The highest BCUT2D eigenvalue weighted by Gasteiger charge is 2.15. The van der Waals surface area contributed by atoms with Crippen LogP contribution in [0.15, 0.2) is 53.8 Å². The first-order chi connectivity index (χ1) is 12.3. The molecule has 6 heteroatoms. The van der Waals surface area contributed by atoms with Crippen LogP contribution in [0.3, 0.4) is 0 Å². The lowest BCUT2D eigenvalue weighted by atomic mass is 10.1. The van der Waals surface area contributed by atoms with E-state index in [1.165, 1.54) is 0 Å². The summed E-state index contributed by atoms with van der Waals surface area (Å²) in [5, 5.41) is 5.16. The molecular formula is C19H17N3O3. The number of fused-ring (bicyclic) bond motifs is 2. The van der Waals surface area contributed by atoms with Gasteiger partial charge in [0.05, 0.1) is 6.21 Å². The van der Waals surface area contributed by atoms with Gasteiger partial charge >= 0.3 is 0 Å². The smallest absolute Gasteiger partial charge is 0.240 e. The van der Waals surface area contributed by atoms with Crippen LogP contribution in [-0.2, 0) is 11.2 Å². The first-order valence-electron chi connectivity index (χ1n) is 8.07. The Morgan fingerprint density at radius 3 is 3.08 bits per heavy atom. The molecule has 6 nitrogen and oxygen atoms in total. The minimum atomic E-state index is -0.133. The number of nitrogens with zero attached hydrogens (tertiary/aromatic N) is 1. The number of carbonyl (C=O) groups is 1. The topological polar surface area (TPSA) is 75.7 Å². The molecule has 25 heavy (non-hydrogen) atoms. The molecule has 1 aliphatic heterocycles. The number of hydrogen-bond acceptors (Lipinski definition) is 4. The second kappa shape index (κ2) is 6.68. The molecule has 0 unspecified atom stereocenters. The molecule has 0 fully saturated rings. The fraction of sp³-hybridized carbons (Fsp3) is 0.158. The predicted molar refractivity (Wildman–Crippen MR) is 94.9 cm³/mol. The third-order valence-electron chi connectivity index (χ3n) is 4.12. The van der Waals surface area contributed by atoms with Gasteiger partial charge in [0.2, 0.25) is 12.7 Å². The van der Waals surface area contributed by atoms with Gasteiger partial charge in [0.1, 0.15) is 0 Å². The Balaban J connectivity index is 1.34. The molecule has 0 radical (unpaired) electrons. The van der Waals surface area contributed by atoms with E-state index in [0.717, 1.165) is 22.0 Å². The van der Waals surface area contributed by atoms with Gasteiger partial charge in [-0.2, -0.15) is 5.10 Å². The van der Waals surface area contributed by atoms with Crippen molar-refractivity contribution in [2.45, 2.75) is 12.8 Å². The van der Waals surface area contributed by atoms with Crippen LogP contribution >= 0.6 is 0 Å². The Morgan fingerprint density at radius 1 is 1.20 bits per heavy atom. The lowest BCUT2D eigenvalue weighted by Gasteiger charge is -2.01. The van der Waals surface area contributed by atoms with Crippen LogP contribution in [0.2, 0.25) is 0 Å². The molecule has 2 aromatic carbocycles. The van der Waals surface area contributed by atoms with Crippen LogP contribution in [0.5, 0.6) is 11.5 Å². The fourth-order valence-corrected chi connectivity index (χ4v) is 2.87. The van der Waals surface area contributed by atoms with Crippen molar-refractivity contribution in [2.75, 3.05) is 6.79 Å². The third-order valence-corrected chi connectivity index (χ3v) is 4.12. The average Bonchev–Trinajstić information content (AvgIpc) is 3.27. The van der Waals surface area contributed by atoms with Crippen molar-refractivity contribution < 1.29 is 14.3 Å². The van der Waals surface area contributed by atoms with E-state index in [9.17, 15) is 4.79 Å². The number of H-pyrrole nitrogens is 1. The Morgan fingerprint density at radius 2 is 2.12 bits per heavy atom. The SMILES string of the molecule is O=C(CCc1c[nH]c2ccccc12)NN=Cc1cccc2c1OCO2. The Bertz CT molecular complexity index is 946. The monoisotopic (exact) mass is 335 g/mol. The molecule has 0 aliphatic carbocycles. The van der Waals surface area contributed by atoms with Crippen molar-refractivity contribution in [3.63, 3.8) is 0 Å². The molecule has 2 heterocycles. The molecule has 0 bridgehead atoms. The van der Waals surface area contributed by atoms with Crippen LogP contribution in [-0.4, -0.2) is 23.9 Å². The number of aromatic amines is 1. The first-order valence-corrected chi connectivity index (χ1v) is 8.07. The van der Waals surface area contributed by atoms with E-state index in [2.05, 4.69) is 21.6 Å². The first kappa shape index (κ1) is 15.3. The Labute approximate surface area is 144 Å². The molecule has 4 rings (SSSR count). The van der Waals surface area contributed by atoms with Crippen LogP contribution in [0.25, 0.3) is 10.9 Å². The third kappa shape index (κ3) is 3.19. The van der Waals surface area contributed by atoms with Gasteiger partial charge in [0, 0.05) is 29.1 Å². The molecule has 1 amide bonds. The Hall–Kier alpha value is -3.28. The molecule has 0 saturated heterocycles. The van der Waals surface area contributed by atoms with Gasteiger partial charge < -0.3 is 14.5 Å². The van der Waals surface area contributed by atoms with E-state index >= 15 is 0 Å². The summed E-state index contributed by atoms with van der Waals surface area (Å²) in [5.41, 5.74) is 5.53.